The van der Waals surface area contributed by atoms with Gasteiger partial charge in [0, 0.05) is 10.0 Å². The maximum absolute atomic E-state index is 12.1. The van der Waals surface area contributed by atoms with Crippen molar-refractivity contribution < 1.29 is 24.5 Å². The van der Waals surface area contributed by atoms with Crippen molar-refractivity contribution in [3.05, 3.63) is 27.1 Å². The third kappa shape index (κ3) is 3.42. The summed E-state index contributed by atoms with van der Waals surface area (Å²) in [6.07, 6.45) is 1.43. The molecule has 0 aliphatic carbocycles. The summed E-state index contributed by atoms with van der Waals surface area (Å²) in [6.45, 7) is -0.601. The van der Waals surface area contributed by atoms with Gasteiger partial charge in [0.25, 0.3) is 5.91 Å². The largest absolute Gasteiger partial charge is 0.548 e. The second-order valence-corrected chi connectivity index (χ2v) is 6.78. The van der Waals surface area contributed by atoms with Crippen LogP contribution in [0.5, 0.6) is 11.5 Å². The van der Waals surface area contributed by atoms with Gasteiger partial charge in [-0.2, -0.15) is 0 Å². The van der Waals surface area contributed by atoms with Crippen molar-refractivity contribution in [1.29, 1.82) is 0 Å². The van der Waals surface area contributed by atoms with E-state index in [-0.39, 0.29) is 20.7 Å². The normalized spacial score (nSPS) is 16.5. The Balaban J connectivity index is 2.39. The summed E-state index contributed by atoms with van der Waals surface area (Å²) in [6, 6.07) is 3.18. The average molecular weight is 403 g/mol. The Bertz CT molecular complexity index is 704. The molecule has 6 nitrogen and oxygen atoms in total. The molecule has 1 saturated heterocycles. The molecule has 1 aromatic rings. The minimum absolute atomic E-state index is 0.127. The number of thioether (sulfide) groups is 1. The topological polar surface area (TPSA) is 89.9 Å². The fourth-order valence-electron chi connectivity index (χ4n) is 1.77. The van der Waals surface area contributed by atoms with Gasteiger partial charge < -0.3 is 19.7 Å². The van der Waals surface area contributed by atoms with Gasteiger partial charge >= 0.3 is 0 Å². The average Bonchev–Trinajstić information content (AvgIpc) is 2.69. The van der Waals surface area contributed by atoms with Crippen LogP contribution in [-0.4, -0.2) is 39.9 Å². The number of hydrogen-bond acceptors (Lipinski definition) is 7. The van der Waals surface area contributed by atoms with Crippen molar-refractivity contribution in [1.82, 2.24) is 4.90 Å². The summed E-state index contributed by atoms with van der Waals surface area (Å²) in [7, 11) is 1.41. The number of thiocarbonyl (C=S) groups is 1. The van der Waals surface area contributed by atoms with Crippen molar-refractivity contribution in [2.75, 3.05) is 13.7 Å². The number of halogens is 1. The summed E-state index contributed by atoms with van der Waals surface area (Å²) in [4.78, 5) is 23.9. The molecule has 1 heterocycles. The number of methoxy groups -OCH3 is 1. The van der Waals surface area contributed by atoms with Gasteiger partial charge in [-0.25, -0.2) is 0 Å². The second kappa shape index (κ2) is 6.67. The molecule has 1 amide bonds. The van der Waals surface area contributed by atoms with Crippen LogP contribution in [0.3, 0.4) is 0 Å². The molecule has 1 N–H and O–H groups in total. The molecular weight excluding hydrogens is 394 g/mol. The number of benzene rings is 1. The molecule has 0 atom stereocenters. The molecule has 0 radical (unpaired) electrons. The number of carboxylic acids is 1. The van der Waals surface area contributed by atoms with Gasteiger partial charge in [0.2, 0.25) is 0 Å². The smallest absolute Gasteiger partial charge is 0.266 e. The van der Waals surface area contributed by atoms with E-state index >= 15 is 0 Å². The highest BCUT2D eigenvalue weighted by Gasteiger charge is 2.32. The molecule has 116 valence electrons. The lowest BCUT2D eigenvalue weighted by atomic mass is 10.1. The van der Waals surface area contributed by atoms with E-state index < -0.39 is 18.4 Å². The first-order chi connectivity index (χ1) is 10.3. The molecule has 1 aliphatic rings. The Labute approximate surface area is 143 Å². The number of rotatable bonds is 4. The van der Waals surface area contributed by atoms with Gasteiger partial charge in [0.15, 0.2) is 11.5 Å². The zero-order chi connectivity index (χ0) is 16.4. The second-order valence-electron chi connectivity index (χ2n) is 4.19. The van der Waals surface area contributed by atoms with Gasteiger partial charge in [-0.05, 0) is 18.2 Å². The maximum atomic E-state index is 12.1. The summed E-state index contributed by atoms with van der Waals surface area (Å²) >= 11 is 9.21. The van der Waals surface area contributed by atoms with E-state index in [1.165, 1.54) is 13.2 Å². The fourth-order valence-corrected chi connectivity index (χ4v) is 3.47. The summed E-state index contributed by atoms with van der Waals surface area (Å²) < 4.78 is 5.81. The quantitative estimate of drug-likeness (QED) is 0.595. The fraction of sp³-hybridized carbons (Fsp3) is 0.154. The van der Waals surface area contributed by atoms with Crippen molar-refractivity contribution in [2.24, 2.45) is 0 Å². The van der Waals surface area contributed by atoms with Crippen LogP contribution in [0.15, 0.2) is 21.5 Å². The number of hydrogen-bond donors (Lipinski definition) is 1. The Morgan fingerprint density at radius 2 is 2.27 bits per heavy atom. The van der Waals surface area contributed by atoms with Gasteiger partial charge in [-0.1, -0.05) is 39.9 Å². The van der Waals surface area contributed by atoms with Crippen LogP contribution in [-0.2, 0) is 9.59 Å². The highest BCUT2D eigenvalue weighted by molar-refractivity contribution is 9.10. The third-order valence-corrected chi connectivity index (χ3v) is 4.57. The van der Waals surface area contributed by atoms with Crippen molar-refractivity contribution in [2.45, 2.75) is 0 Å². The zero-order valence-corrected chi connectivity index (χ0v) is 14.4. The minimum atomic E-state index is -1.40. The lowest BCUT2D eigenvalue weighted by Crippen LogP contribution is -2.40. The zero-order valence-electron chi connectivity index (χ0n) is 11.2. The number of carboxylic acid groups (broad SMARTS) is 1. The molecule has 1 fully saturated rings. The molecule has 22 heavy (non-hydrogen) atoms. The SMILES string of the molecule is COc1cc(Br)cc(/C=C2\SC(=S)N(CC(=O)[O-])C2=O)c1O. The van der Waals surface area contributed by atoms with Crippen molar-refractivity contribution >= 4 is 62.2 Å². The van der Waals surface area contributed by atoms with Gasteiger partial charge in [-0.15, -0.1) is 0 Å². The first-order valence-electron chi connectivity index (χ1n) is 5.85. The molecule has 9 heteroatoms. The maximum Gasteiger partial charge on any atom is 0.266 e. The number of phenols is 1. The molecule has 1 aliphatic heterocycles. The number of amides is 1. The van der Waals surface area contributed by atoms with E-state index in [2.05, 4.69) is 15.9 Å². The predicted molar refractivity (Wildman–Crippen MR) is 87.2 cm³/mol. The van der Waals surface area contributed by atoms with Gasteiger partial charge in [-0.3, -0.25) is 9.69 Å². The number of aliphatic carboxylic acids is 1. The molecule has 0 unspecified atom stereocenters. The number of ether oxygens (including phenoxy) is 1. The highest BCUT2D eigenvalue weighted by Crippen LogP contribution is 2.38. The predicted octanol–water partition coefficient (Wildman–Crippen LogP) is 1.11. The van der Waals surface area contributed by atoms with Crippen LogP contribution in [0.2, 0.25) is 0 Å². The van der Waals surface area contributed by atoms with Gasteiger partial charge in [0.1, 0.15) is 4.32 Å². The summed E-state index contributed by atoms with van der Waals surface area (Å²) in [5.41, 5.74) is 0.347. The number of aromatic hydroxyl groups is 1. The molecule has 0 spiro atoms. The number of nitrogens with zero attached hydrogens (tertiary/aromatic N) is 1. The van der Waals surface area contributed by atoms with Crippen LogP contribution in [0, 0.1) is 0 Å². The molecule has 0 bridgehead atoms. The first kappa shape index (κ1) is 16.8. The monoisotopic (exact) mass is 402 g/mol. The molecule has 1 aromatic carbocycles. The molecule has 2 rings (SSSR count). The van der Waals surface area contributed by atoms with Gasteiger partial charge in [0.05, 0.1) is 24.5 Å². The van der Waals surface area contributed by atoms with Crippen LogP contribution in [0.4, 0.5) is 0 Å². The van der Waals surface area contributed by atoms with E-state index in [4.69, 9.17) is 17.0 Å². The number of carbonyl (C=O) groups excluding carboxylic acids is 2. The van der Waals surface area contributed by atoms with E-state index in [0.29, 0.717) is 10.0 Å². The van der Waals surface area contributed by atoms with E-state index in [0.717, 1.165) is 16.7 Å². The van der Waals surface area contributed by atoms with E-state index in [1.807, 2.05) is 0 Å². The Kier molecular flexibility index (Phi) is 5.09. The first-order valence-corrected chi connectivity index (χ1v) is 7.87. The third-order valence-electron chi connectivity index (χ3n) is 2.74. The van der Waals surface area contributed by atoms with E-state index in [9.17, 15) is 19.8 Å². The standard InChI is InChI=1S/C13H10BrNO5S2/c1-20-8-4-7(14)2-6(11(8)18)3-9-12(19)15(5-10(16)17)13(21)22-9/h2-4,18H,5H2,1H3,(H,16,17)/p-1/b9-3-. The van der Waals surface area contributed by atoms with Crippen LogP contribution in [0.1, 0.15) is 5.56 Å². The van der Waals surface area contributed by atoms with E-state index in [1.54, 1.807) is 12.1 Å². The summed E-state index contributed by atoms with van der Waals surface area (Å²) in [5, 5.41) is 20.7. The highest BCUT2D eigenvalue weighted by atomic mass is 79.9. The molecule has 0 saturated carbocycles. The number of phenolic OH excluding ortho intramolecular Hbond substituents is 1. The van der Waals surface area contributed by atoms with Crippen LogP contribution in [0.25, 0.3) is 6.08 Å². The lowest BCUT2D eigenvalue weighted by molar-refractivity contribution is -0.305. The molecule has 0 aromatic heterocycles. The van der Waals surface area contributed by atoms with Crippen molar-refractivity contribution in [3.63, 3.8) is 0 Å². The Hall–Kier alpha value is -1.58. The lowest BCUT2D eigenvalue weighted by Gasteiger charge is -2.14. The van der Waals surface area contributed by atoms with Crippen molar-refractivity contribution in [3.8, 4) is 11.5 Å². The van der Waals surface area contributed by atoms with Crippen LogP contribution >= 0.6 is 39.9 Å². The minimum Gasteiger partial charge on any atom is -0.548 e. The summed E-state index contributed by atoms with van der Waals surface area (Å²) in [5.74, 6) is -1.83. The Morgan fingerprint density at radius 3 is 2.86 bits per heavy atom. The molecular formula is C13H9BrNO5S2-. The number of carbonyl (C=O) groups is 2. The van der Waals surface area contributed by atoms with Crippen LogP contribution < -0.4 is 9.84 Å². The Morgan fingerprint density at radius 1 is 1.59 bits per heavy atom.